The van der Waals surface area contributed by atoms with Crippen LogP contribution in [0.4, 0.5) is 22.0 Å². The molecule has 1 nitrogen and oxygen atoms in total. The third-order valence-electron chi connectivity index (χ3n) is 3.20. The number of halogens is 5. The van der Waals surface area contributed by atoms with E-state index in [1.165, 1.54) is 0 Å². The highest BCUT2D eigenvalue weighted by molar-refractivity contribution is 5.68. The van der Waals surface area contributed by atoms with Crippen LogP contribution in [0.5, 0.6) is 0 Å². The summed E-state index contributed by atoms with van der Waals surface area (Å²) in [4.78, 5) is 4.00. The highest BCUT2D eigenvalue weighted by atomic mass is 19.4. The first kappa shape index (κ1) is 16.4. The van der Waals surface area contributed by atoms with E-state index < -0.39 is 34.4 Å². The van der Waals surface area contributed by atoms with Gasteiger partial charge in [-0.1, -0.05) is 20.8 Å². The molecule has 6 heteroatoms. The van der Waals surface area contributed by atoms with Crippen LogP contribution >= 0.6 is 0 Å². The van der Waals surface area contributed by atoms with E-state index in [1.54, 1.807) is 20.8 Å². The number of benzene rings is 1. The maximum absolute atomic E-state index is 13.8. The molecule has 2 aromatic rings. The first-order chi connectivity index (χ1) is 10.00. The van der Waals surface area contributed by atoms with Crippen LogP contribution in [0.2, 0.25) is 0 Å². The average Bonchev–Trinajstić information content (AvgIpc) is 2.36. The Bertz CT molecular complexity index is 699. The van der Waals surface area contributed by atoms with Crippen molar-refractivity contribution in [2.24, 2.45) is 0 Å². The molecule has 1 heterocycles. The molecule has 0 fully saturated rings. The predicted octanol–water partition coefficient (Wildman–Crippen LogP) is 5.34. The molecule has 118 valence electrons. The van der Waals surface area contributed by atoms with Gasteiger partial charge in [0, 0.05) is 34.5 Å². The quantitative estimate of drug-likeness (QED) is 0.647. The monoisotopic (exact) mass is 315 g/mol. The van der Waals surface area contributed by atoms with E-state index in [0.717, 1.165) is 24.4 Å². The van der Waals surface area contributed by atoms with E-state index in [0.29, 0.717) is 6.07 Å². The van der Waals surface area contributed by atoms with Gasteiger partial charge in [-0.3, -0.25) is 4.98 Å². The standard InChI is InChI=1S/C16H14F5N/c1-15(2,3)14-7-12(16(19,20)21)11(8-22-14)10-5-4-9(17)6-13(10)18/h4-8H,1-3H3. The molecule has 0 N–H and O–H groups in total. The number of aromatic nitrogens is 1. The van der Waals surface area contributed by atoms with Crippen molar-refractivity contribution in [3.63, 3.8) is 0 Å². The van der Waals surface area contributed by atoms with Crippen LogP contribution in [0.3, 0.4) is 0 Å². The molecule has 0 aliphatic heterocycles. The third kappa shape index (κ3) is 3.26. The Hall–Kier alpha value is -1.98. The maximum atomic E-state index is 13.8. The lowest BCUT2D eigenvalue weighted by Crippen LogP contribution is -2.17. The van der Waals surface area contributed by atoms with E-state index in [4.69, 9.17) is 0 Å². The Labute approximate surface area is 124 Å². The second-order valence-corrected chi connectivity index (χ2v) is 5.99. The Morgan fingerprint density at radius 2 is 1.55 bits per heavy atom. The van der Waals surface area contributed by atoms with Crippen molar-refractivity contribution in [1.29, 1.82) is 0 Å². The van der Waals surface area contributed by atoms with E-state index in [-0.39, 0.29) is 11.3 Å². The number of nitrogens with zero attached hydrogens (tertiary/aromatic N) is 1. The summed E-state index contributed by atoms with van der Waals surface area (Å²) in [5.41, 5.74) is -2.07. The minimum Gasteiger partial charge on any atom is -0.260 e. The summed E-state index contributed by atoms with van der Waals surface area (Å²) >= 11 is 0. The Balaban J connectivity index is 2.71. The molecule has 0 aliphatic rings. The molecular weight excluding hydrogens is 301 g/mol. The van der Waals surface area contributed by atoms with Crippen LogP contribution in [0.1, 0.15) is 32.0 Å². The van der Waals surface area contributed by atoms with Crippen molar-refractivity contribution in [2.45, 2.75) is 32.4 Å². The van der Waals surface area contributed by atoms with E-state index in [2.05, 4.69) is 4.98 Å². The number of hydrogen-bond donors (Lipinski definition) is 0. The SMILES string of the molecule is CC(C)(C)c1cc(C(F)(F)F)c(-c2ccc(F)cc2F)cn1. The zero-order valence-electron chi connectivity index (χ0n) is 12.2. The molecule has 1 aromatic carbocycles. The minimum atomic E-state index is -4.67. The number of pyridine rings is 1. The summed E-state index contributed by atoms with van der Waals surface area (Å²) in [7, 11) is 0. The van der Waals surface area contributed by atoms with E-state index in [1.807, 2.05) is 0 Å². The molecule has 22 heavy (non-hydrogen) atoms. The predicted molar refractivity (Wildman–Crippen MR) is 73.3 cm³/mol. The van der Waals surface area contributed by atoms with Gasteiger partial charge in [0.2, 0.25) is 0 Å². The first-order valence-electron chi connectivity index (χ1n) is 6.53. The molecule has 0 radical (unpaired) electrons. The molecule has 1 aromatic heterocycles. The normalized spacial score (nSPS) is 12.5. The van der Waals surface area contributed by atoms with Gasteiger partial charge in [-0.25, -0.2) is 8.78 Å². The second kappa shape index (κ2) is 5.34. The summed E-state index contributed by atoms with van der Waals surface area (Å²) < 4.78 is 66.6. The first-order valence-corrected chi connectivity index (χ1v) is 6.53. The van der Waals surface area contributed by atoms with Crippen LogP contribution in [0, 0.1) is 11.6 Å². The van der Waals surface area contributed by atoms with E-state index >= 15 is 0 Å². The highest BCUT2D eigenvalue weighted by Crippen LogP contribution is 2.39. The number of alkyl halides is 3. The maximum Gasteiger partial charge on any atom is 0.417 e. The largest absolute Gasteiger partial charge is 0.417 e. The van der Waals surface area contributed by atoms with Crippen molar-refractivity contribution < 1.29 is 22.0 Å². The zero-order chi connectivity index (χ0) is 16.7. The zero-order valence-corrected chi connectivity index (χ0v) is 12.2. The fourth-order valence-electron chi connectivity index (χ4n) is 2.02. The van der Waals surface area contributed by atoms with Gasteiger partial charge in [0.1, 0.15) is 11.6 Å². The molecule has 0 amide bonds. The van der Waals surface area contributed by atoms with Crippen molar-refractivity contribution in [1.82, 2.24) is 4.98 Å². The van der Waals surface area contributed by atoms with Gasteiger partial charge in [-0.05, 0) is 18.2 Å². The molecule has 0 saturated carbocycles. The smallest absolute Gasteiger partial charge is 0.260 e. The molecule has 0 aliphatic carbocycles. The van der Waals surface area contributed by atoms with Crippen LogP contribution < -0.4 is 0 Å². The minimum absolute atomic E-state index is 0.242. The topological polar surface area (TPSA) is 12.9 Å². The van der Waals surface area contributed by atoms with Crippen molar-refractivity contribution in [2.75, 3.05) is 0 Å². The molecule has 2 rings (SSSR count). The van der Waals surface area contributed by atoms with Gasteiger partial charge in [0.15, 0.2) is 0 Å². The summed E-state index contributed by atoms with van der Waals surface area (Å²) in [5.74, 6) is -1.91. The van der Waals surface area contributed by atoms with Crippen molar-refractivity contribution in [3.8, 4) is 11.1 Å². The summed E-state index contributed by atoms with van der Waals surface area (Å²) in [6.45, 7) is 5.19. The Morgan fingerprint density at radius 3 is 2.05 bits per heavy atom. The fraction of sp³-hybridized carbons (Fsp3) is 0.312. The highest BCUT2D eigenvalue weighted by Gasteiger charge is 2.36. The van der Waals surface area contributed by atoms with Crippen molar-refractivity contribution >= 4 is 0 Å². The second-order valence-electron chi connectivity index (χ2n) is 5.99. The molecule has 0 atom stereocenters. The third-order valence-corrected chi connectivity index (χ3v) is 3.20. The Morgan fingerprint density at radius 1 is 0.909 bits per heavy atom. The average molecular weight is 315 g/mol. The lowest BCUT2D eigenvalue weighted by molar-refractivity contribution is -0.137. The number of rotatable bonds is 1. The van der Waals surface area contributed by atoms with Crippen LogP contribution in [0.25, 0.3) is 11.1 Å². The van der Waals surface area contributed by atoms with Gasteiger partial charge in [-0.15, -0.1) is 0 Å². The van der Waals surface area contributed by atoms with Gasteiger partial charge < -0.3 is 0 Å². The summed E-state index contributed by atoms with van der Waals surface area (Å²) in [6, 6.07) is 3.36. The lowest BCUT2D eigenvalue weighted by atomic mass is 9.89. The molecule has 0 saturated heterocycles. The summed E-state index contributed by atoms with van der Waals surface area (Å²) in [5, 5.41) is 0. The van der Waals surface area contributed by atoms with Gasteiger partial charge >= 0.3 is 6.18 Å². The summed E-state index contributed by atoms with van der Waals surface area (Å²) in [6.07, 6.45) is -3.68. The van der Waals surface area contributed by atoms with Gasteiger partial charge in [0.25, 0.3) is 0 Å². The molecule has 0 bridgehead atoms. The van der Waals surface area contributed by atoms with E-state index in [9.17, 15) is 22.0 Å². The lowest BCUT2D eigenvalue weighted by Gasteiger charge is -2.21. The van der Waals surface area contributed by atoms with Crippen LogP contribution in [-0.2, 0) is 11.6 Å². The molecular formula is C16H14F5N. The number of hydrogen-bond acceptors (Lipinski definition) is 1. The van der Waals surface area contributed by atoms with Gasteiger partial charge in [0.05, 0.1) is 5.56 Å². The van der Waals surface area contributed by atoms with Crippen LogP contribution in [-0.4, -0.2) is 4.98 Å². The fourth-order valence-corrected chi connectivity index (χ4v) is 2.02. The molecule has 0 spiro atoms. The van der Waals surface area contributed by atoms with Gasteiger partial charge in [-0.2, -0.15) is 13.2 Å². The molecule has 0 unspecified atom stereocenters. The van der Waals surface area contributed by atoms with Crippen molar-refractivity contribution in [3.05, 3.63) is 53.4 Å². The van der Waals surface area contributed by atoms with Crippen LogP contribution in [0.15, 0.2) is 30.5 Å². The Kier molecular flexibility index (Phi) is 3.98.